The molecule has 0 unspecified atom stereocenters. The zero-order valence-corrected chi connectivity index (χ0v) is 12.7. The summed E-state index contributed by atoms with van der Waals surface area (Å²) in [6, 6.07) is 0. The van der Waals surface area contributed by atoms with Crippen molar-refractivity contribution in [3.05, 3.63) is 0 Å². The van der Waals surface area contributed by atoms with Gasteiger partial charge in [0, 0.05) is 13.1 Å². The standard InChI is InChI=1S/C15H27N3O3/c19-13(12-18-9-4-7-16-8-10-18)17-15(11-14(20)21)5-2-1-3-6-15/h16H,1-12H2,(H,17,19)(H,20,21). The molecule has 0 aromatic carbocycles. The van der Waals surface area contributed by atoms with E-state index in [1.807, 2.05) is 0 Å². The molecule has 120 valence electrons. The minimum atomic E-state index is -0.823. The van der Waals surface area contributed by atoms with Crippen molar-refractivity contribution in [3.63, 3.8) is 0 Å². The van der Waals surface area contributed by atoms with Crippen LogP contribution in [0.3, 0.4) is 0 Å². The summed E-state index contributed by atoms with van der Waals surface area (Å²) in [5.41, 5.74) is -0.523. The van der Waals surface area contributed by atoms with E-state index in [1.165, 1.54) is 0 Å². The summed E-state index contributed by atoms with van der Waals surface area (Å²) in [5, 5.41) is 15.5. The normalized spacial score (nSPS) is 23.2. The Hall–Kier alpha value is -1.14. The van der Waals surface area contributed by atoms with Gasteiger partial charge in [0.2, 0.25) is 5.91 Å². The average Bonchev–Trinajstić information content (AvgIpc) is 2.67. The van der Waals surface area contributed by atoms with E-state index >= 15 is 0 Å². The molecule has 2 aliphatic rings. The Bertz CT molecular complexity index is 359. The van der Waals surface area contributed by atoms with Crippen LogP contribution in [-0.2, 0) is 9.59 Å². The number of rotatable bonds is 5. The van der Waals surface area contributed by atoms with Crippen LogP contribution in [0.25, 0.3) is 0 Å². The number of carboxylic acid groups (broad SMARTS) is 1. The molecule has 1 saturated heterocycles. The zero-order valence-electron chi connectivity index (χ0n) is 12.7. The molecule has 1 aliphatic carbocycles. The van der Waals surface area contributed by atoms with Crippen molar-refractivity contribution in [1.29, 1.82) is 0 Å². The smallest absolute Gasteiger partial charge is 0.305 e. The molecule has 0 aromatic heterocycles. The summed E-state index contributed by atoms with van der Waals surface area (Å²) in [5.74, 6) is -0.851. The van der Waals surface area contributed by atoms with E-state index in [0.717, 1.165) is 64.7 Å². The first kappa shape index (κ1) is 16.2. The number of hydrogen-bond donors (Lipinski definition) is 3. The Morgan fingerprint density at radius 2 is 1.86 bits per heavy atom. The van der Waals surface area contributed by atoms with Gasteiger partial charge in [0.15, 0.2) is 0 Å². The fourth-order valence-corrected chi connectivity index (χ4v) is 3.46. The topological polar surface area (TPSA) is 81.7 Å². The predicted octanol–water partition coefficient (Wildman–Crippen LogP) is 0.575. The number of carbonyl (C=O) groups excluding carboxylic acids is 1. The Labute approximate surface area is 126 Å². The zero-order chi connectivity index (χ0) is 15.1. The summed E-state index contributed by atoms with van der Waals surface area (Å²) in [6.07, 6.45) is 5.80. The maximum Gasteiger partial charge on any atom is 0.305 e. The second kappa shape index (κ2) is 7.75. The third kappa shape index (κ3) is 5.28. The van der Waals surface area contributed by atoms with Crippen LogP contribution in [0.5, 0.6) is 0 Å². The molecule has 1 amide bonds. The molecule has 0 atom stereocenters. The highest BCUT2D eigenvalue weighted by molar-refractivity contribution is 5.80. The lowest BCUT2D eigenvalue weighted by atomic mass is 9.79. The van der Waals surface area contributed by atoms with Crippen LogP contribution in [-0.4, -0.2) is 60.1 Å². The highest BCUT2D eigenvalue weighted by Crippen LogP contribution is 2.31. The number of carbonyl (C=O) groups is 2. The third-order valence-electron chi connectivity index (χ3n) is 4.50. The Kier molecular flexibility index (Phi) is 5.99. The monoisotopic (exact) mass is 297 g/mol. The molecule has 3 N–H and O–H groups in total. The first-order valence-corrected chi connectivity index (χ1v) is 8.06. The quantitative estimate of drug-likeness (QED) is 0.691. The van der Waals surface area contributed by atoms with Gasteiger partial charge in [0.25, 0.3) is 0 Å². The van der Waals surface area contributed by atoms with E-state index in [-0.39, 0.29) is 12.3 Å². The predicted molar refractivity (Wildman–Crippen MR) is 80.1 cm³/mol. The van der Waals surface area contributed by atoms with Gasteiger partial charge in [0.1, 0.15) is 0 Å². The van der Waals surface area contributed by atoms with Crippen LogP contribution >= 0.6 is 0 Å². The van der Waals surface area contributed by atoms with Gasteiger partial charge in [-0.05, 0) is 32.4 Å². The second-order valence-corrected chi connectivity index (χ2v) is 6.34. The summed E-state index contributed by atoms with van der Waals surface area (Å²) >= 11 is 0. The number of carboxylic acids is 1. The maximum absolute atomic E-state index is 12.3. The molecule has 1 aliphatic heterocycles. The van der Waals surface area contributed by atoms with Crippen LogP contribution in [0.4, 0.5) is 0 Å². The first-order chi connectivity index (χ1) is 10.1. The van der Waals surface area contributed by atoms with Crippen molar-refractivity contribution in [3.8, 4) is 0 Å². The van der Waals surface area contributed by atoms with Gasteiger partial charge in [-0.1, -0.05) is 19.3 Å². The van der Waals surface area contributed by atoms with Gasteiger partial charge in [-0.2, -0.15) is 0 Å². The van der Waals surface area contributed by atoms with Crippen molar-refractivity contribution in [2.24, 2.45) is 0 Å². The number of aliphatic carboxylic acids is 1. The van der Waals surface area contributed by atoms with Gasteiger partial charge in [-0.25, -0.2) is 0 Å². The molecule has 0 spiro atoms. The van der Waals surface area contributed by atoms with E-state index in [1.54, 1.807) is 0 Å². The molecule has 0 radical (unpaired) electrons. The fraction of sp³-hybridized carbons (Fsp3) is 0.867. The Morgan fingerprint density at radius 1 is 1.10 bits per heavy atom. The largest absolute Gasteiger partial charge is 0.481 e. The molecule has 0 bridgehead atoms. The molecule has 6 heteroatoms. The van der Waals surface area contributed by atoms with Gasteiger partial charge in [-0.3, -0.25) is 14.5 Å². The van der Waals surface area contributed by atoms with Crippen LogP contribution in [0.2, 0.25) is 0 Å². The molecule has 6 nitrogen and oxygen atoms in total. The van der Waals surface area contributed by atoms with Gasteiger partial charge < -0.3 is 15.7 Å². The highest BCUT2D eigenvalue weighted by Gasteiger charge is 2.35. The molecule has 1 heterocycles. The lowest BCUT2D eigenvalue weighted by Crippen LogP contribution is -2.53. The van der Waals surface area contributed by atoms with Gasteiger partial charge in [0.05, 0.1) is 18.5 Å². The van der Waals surface area contributed by atoms with Gasteiger partial charge >= 0.3 is 5.97 Å². The molecular weight excluding hydrogens is 270 g/mol. The molecule has 0 aromatic rings. The van der Waals surface area contributed by atoms with E-state index in [9.17, 15) is 9.59 Å². The molecule has 21 heavy (non-hydrogen) atoms. The SMILES string of the molecule is O=C(O)CC1(NC(=O)CN2CCCNCC2)CCCCC1. The number of nitrogens with one attached hydrogen (secondary N) is 2. The fourth-order valence-electron chi connectivity index (χ4n) is 3.46. The van der Waals surface area contributed by atoms with E-state index < -0.39 is 11.5 Å². The van der Waals surface area contributed by atoms with Crippen molar-refractivity contribution < 1.29 is 14.7 Å². The highest BCUT2D eigenvalue weighted by atomic mass is 16.4. The lowest BCUT2D eigenvalue weighted by Gasteiger charge is -2.37. The van der Waals surface area contributed by atoms with Crippen molar-refractivity contribution in [2.75, 3.05) is 32.7 Å². The molecule has 1 saturated carbocycles. The third-order valence-corrected chi connectivity index (χ3v) is 4.50. The van der Waals surface area contributed by atoms with Crippen molar-refractivity contribution in [2.45, 2.75) is 50.5 Å². The average molecular weight is 297 g/mol. The minimum Gasteiger partial charge on any atom is -0.481 e. The number of hydrogen-bond acceptors (Lipinski definition) is 4. The summed E-state index contributed by atoms with van der Waals surface area (Å²) < 4.78 is 0. The maximum atomic E-state index is 12.3. The van der Waals surface area contributed by atoms with Gasteiger partial charge in [-0.15, -0.1) is 0 Å². The molecule has 2 rings (SSSR count). The number of amides is 1. The summed E-state index contributed by atoms with van der Waals surface area (Å²) in [7, 11) is 0. The van der Waals surface area contributed by atoms with Crippen LogP contribution in [0.15, 0.2) is 0 Å². The molecular formula is C15H27N3O3. The van der Waals surface area contributed by atoms with Crippen LogP contribution in [0.1, 0.15) is 44.9 Å². The van der Waals surface area contributed by atoms with E-state index in [0.29, 0.717) is 6.54 Å². The van der Waals surface area contributed by atoms with Crippen LogP contribution in [0, 0.1) is 0 Å². The summed E-state index contributed by atoms with van der Waals surface area (Å²) in [6.45, 7) is 4.09. The van der Waals surface area contributed by atoms with Crippen molar-refractivity contribution in [1.82, 2.24) is 15.5 Å². The Balaban J connectivity index is 1.89. The van der Waals surface area contributed by atoms with Crippen LogP contribution < -0.4 is 10.6 Å². The summed E-state index contributed by atoms with van der Waals surface area (Å²) in [4.78, 5) is 25.6. The molecule has 2 fully saturated rings. The second-order valence-electron chi connectivity index (χ2n) is 6.34. The van der Waals surface area contributed by atoms with E-state index in [4.69, 9.17) is 5.11 Å². The minimum absolute atomic E-state index is 0.0277. The first-order valence-electron chi connectivity index (χ1n) is 8.06. The Morgan fingerprint density at radius 3 is 2.57 bits per heavy atom. The van der Waals surface area contributed by atoms with E-state index in [2.05, 4.69) is 15.5 Å². The number of nitrogens with zero attached hydrogens (tertiary/aromatic N) is 1. The van der Waals surface area contributed by atoms with Crippen molar-refractivity contribution >= 4 is 11.9 Å². The lowest BCUT2D eigenvalue weighted by molar-refractivity contribution is -0.139.